The van der Waals surface area contributed by atoms with Gasteiger partial charge in [0.1, 0.15) is 11.3 Å². The van der Waals surface area contributed by atoms with Crippen molar-refractivity contribution in [2.45, 2.75) is 0 Å². The van der Waals surface area contributed by atoms with E-state index >= 15 is 0 Å². The molecule has 0 radical (unpaired) electrons. The highest BCUT2D eigenvalue weighted by Gasteiger charge is 2.09. The third-order valence-corrected chi connectivity index (χ3v) is 2.89. The predicted octanol–water partition coefficient (Wildman–Crippen LogP) is 3.98. The molecule has 1 amide bonds. The van der Waals surface area contributed by atoms with Crippen molar-refractivity contribution in [1.29, 1.82) is 0 Å². The largest absolute Gasteiger partial charge is 0.417 e. The van der Waals surface area contributed by atoms with E-state index in [1.54, 1.807) is 18.3 Å². The molecule has 21 heavy (non-hydrogen) atoms. The van der Waals surface area contributed by atoms with Crippen LogP contribution in [0.3, 0.4) is 0 Å². The number of carbonyl (C=O) groups excluding carboxylic acids is 1. The number of nitrogens with zero attached hydrogens (tertiary/aromatic N) is 1. The number of aromatic nitrogens is 1. The molecule has 3 rings (SSSR count). The Bertz CT molecular complexity index is 782. The van der Waals surface area contributed by atoms with Gasteiger partial charge >= 0.3 is 6.09 Å². The molecule has 1 N–H and O–H groups in total. The highest BCUT2D eigenvalue weighted by atomic mass is 19.1. The molecule has 0 atom stereocenters. The number of para-hydroxylation sites is 1. The number of ether oxygens (including phenoxy) is 1. The predicted molar refractivity (Wildman–Crippen MR) is 77.8 cm³/mol. The molecule has 3 aromatic rings. The third-order valence-electron chi connectivity index (χ3n) is 2.89. The molecule has 5 heteroatoms. The van der Waals surface area contributed by atoms with Crippen LogP contribution in [0.2, 0.25) is 0 Å². The maximum atomic E-state index is 12.8. The Morgan fingerprint density at radius 1 is 1.05 bits per heavy atom. The van der Waals surface area contributed by atoms with Crippen LogP contribution in [0.15, 0.2) is 60.8 Å². The number of hydrogen-bond donors (Lipinski definition) is 1. The van der Waals surface area contributed by atoms with Crippen molar-refractivity contribution in [2.75, 3.05) is 5.32 Å². The van der Waals surface area contributed by atoms with E-state index in [2.05, 4.69) is 10.3 Å². The molecule has 0 spiro atoms. The molecule has 4 nitrogen and oxygen atoms in total. The lowest BCUT2D eigenvalue weighted by Gasteiger charge is -2.08. The van der Waals surface area contributed by atoms with Crippen LogP contribution < -0.4 is 10.1 Å². The third kappa shape index (κ3) is 2.97. The van der Waals surface area contributed by atoms with Crippen LogP contribution in [-0.2, 0) is 0 Å². The molecule has 2 aromatic carbocycles. The SMILES string of the molecule is O=C(Nc1ccc(F)cc1)Oc1cccc2cccnc12. The van der Waals surface area contributed by atoms with E-state index in [-0.39, 0.29) is 5.82 Å². The summed E-state index contributed by atoms with van der Waals surface area (Å²) in [7, 11) is 0. The van der Waals surface area contributed by atoms with E-state index in [1.165, 1.54) is 24.3 Å². The monoisotopic (exact) mass is 282 g/mol. The van der Waals surface area contributed by atoms with Gasteiger partial charge in [-0.1, -0.05) is 18.2 Å². The summed E-state index contributed by atoms with van der Waals surface area (Å²) >= 11 is 0. The number of fused-ring (bicyclic) bond motifs is 1. The molecule has 0 bridgehead atoms. The fourth-order valence-electron chi connectivity index (χ4n) is 1.94. The average Bonchev–Trinajstić information content (AvgIpc) is 2.50. The lowest BCUT2D eigenvalue weighted by molar-refractivity contribution is 0.215. The standard InChI is InChI=1S/C16H11FN2O2/c17-12-6-8-13(9-7-12)19-16(20)21-14-5-1-3-11-4-2-10-18-15(11)14/h1-10H,(H,19,20). The number of hydrogen-bond acceptors (Lipinski definition) is 3. The van der Waals surface area contributed by atoms with Gasteiger partial charge in [0.2, 0.25) is 0 Å². The zero-order valence-electron chi connectivity index (χ0n) is 10.9. The minimum atomic E-state index is -0.653. The maximum absolute atomic E-state index is 12.8. The van der Waals surface area contributed by atoms with E-state index in [4.69, 9.17) is 4.74 Å². The average molecular weight is 282 g/mol. The van der Waals surface area contributed by atoms with Crippen LogP contribution >= 0.6 is 0 Å². The van der Waals surface area contributed by atoms with Crippen molar-refractivity contribution in [3.05, 3.63) is 66.6 Å². The Balaban J connectivity index is 1.79. The Morgan fingerprint density at radius 2 is 1.81 bits per heavy atom. The Hall–Kier alpha value is -2.95. The van der Waals surface area contributed by atoms with Gasteiger partial charge in [-0.15, -0.1) is 0 Å². The van der Waals surface area contributed by atoms with Crippen molar-refractivity contribution < 1.29 is 13.9 Å². The van der Waals surface area contributed by atoms with Crippen LogP contribution in [0.5, 0.6) is 5.75 Å². The highest BCUT2D eigenvalue weighted by Crippen LogP contribution is 2.23. The molecule has 104 valence electrons. The Morgan fingerprint density at radius 3 is 2.62 bits per heavy atom. The van der Waals surface area contributed by atoms with Crippen molar-refractivity contribution in [2.24, 2.45) is 0 Å². The molecule has 0 saturated heterocycles. The summed E-state index contributed by atoms with van der Waals surface area (Å²) < 4.78 is 18.0. The number of amides is 1. The number of rotatable bonds is 2. The van der Waals surface area contributed by atoms with E-state index in [0.29, 0.717) is 17.0 Å². The number of nitrogens with one attached hydrogen (secondary N) is 1. The Kier molecular flexibility index (Phi) is 3.47. The molecule has 0 aliphatic heterocycles. The summed E-state index contributed by atoms with van der Waals surface area (Å²) in [5, 5.41) is 3.41. The van der Waals surface area contributed by atoms with E-state index in [1.807, 2.05) is 18.2 Å². The van der Waals surface area contributed by atoms with Crippen molar-refractivity contribution in [3.63, 3.8) is 0 Å². The molecule has 0 aliphatic rings. The highest BCUT2D eigenvalue weighted by molar-refractivity contribution is 5.90. The summed E-state index contributed by atoms with van der Waals surface area (Å²) in [6.07, 6.45) is 0.979. The number of anilines is 1. The molecule has 1 aromatic heterocycles. The van der Waals surface area contributed by atoms with Crippen molar-refractivity contribution in [3.8, 4) is 5.75 Å². The second kappa shape index (κ2) is 5.58. The number of halogens is 1. The van der Waals surface area contributed by atoms with Gasteiger partial charge < -0.3 is 4.74 Å². The molecule has 1 heterocycles. The fourth-order valence-corrected chi connectivity index (χ4v) is 1.94. The van der Waals surface area contributed by atoms with E-state index in [0.717, 1.165) is 5.39 Å². The first-order valence-electron chi connectivity index (χ1n) is 6.30. The van der Waals surface area contributed by atoms with Gasteiger partial charge in [-0.2, -0.15) is 0 Å². The minimum absolute atomic E-state index is 0.368. The summed E-state index contributed by atoms with van der Waals surface area (Å²) in [4.78, 5) is 16.1. The zero-order chi connectivity index (χ0) is 14.7. The molecular weight excluding hydrogens is 271 g/mol. The van der Waals surface area contributed by atoms with Gasteiger partial charge in [-0.05, 0) is 36.4 Å². The smallest absolute Gasteiger partial charge is 0.408 e. The summed E-state index contributed by atoms with van der Waals surface area (Å²) in [5.74, 6) is -0.000109. The van der Waals surface area contributed by atoms with Gasteiger partial charge in [-0.3, -0.25) is 10.3 Å². The van der Waals surface area contributed by atoms with Crippen molar-refractivity contribution >= 4 is 22.7 Å². The van der Waals surface area contributed by atoms with Gasteiger partial charge in [-0.25, -0.2) is 9.18 Å². The van der Waals surface area contributed by atoms with Gasteiger partial charge in [0, 0.05) is 17.3 Å². The number of pyridine rings is 1. The normalized spacial score (nSPS) is 10.3. The Labute approximate surface area is 120 Å². The first-order chi connectivity index (χ1) is 10.2. The van der Waals surface area contributed by atoms with Crippen LogP contribution in [0, 0.1) is 5.82 Å². The number of benzene rings is 2. The quantitative estimate of drug-likeness (QED) is 0.773. The van der Waals surface area contributed by atoms with Crippen LogP contribution in [0.4, 0.5) is 14.9 Å². The van der Waals surface area contributed by atoms with E-state index < -0.39 is 6.09 Å². The van der Waals surface area contributed by atoms with E-state index in [9.17, 15) is 9.18 Å². The molecule has 0 unspecified atom stereocenters. The summed E-state index contributed by atoms with van der Waals surface area (Å²) in [6.45, 7) is 0. The second-order valence-corrected chi connectivity index (χ2v) is 4.35. The minimum Gasteiger partial charge on any atom is -0.408 e. The topological polar surface area (TPSA) is 51.2 Å². The number of carbonyl (C=O) groups is 1. The van der Waals surface area contributed by atoms with Gasteiger partial charge in [0.05, 0.1) is 0 Å². The molecular formula is C16H11FN2O2. The zero-order valence-corrected chi connectivity index (χ0v) is 10.9. The molecule has 0 saturated carbocycles. The van der Waals surface area contributed by atoms with Crippen LogP contribution in [0.25, 0.3) is 10.9 Å². The maximum Gasteiger partial charge on any atom is 0.417 e. The lowest BCUT2D eigenvalue weighted by Crippen LogP contribution is -2.16. The van der Waals surface area contributed by atoms with Crippen molar-refractivity contribution in [1.82, 2.24) is 4.98 Å². The first-order valence-corrected chi connectivity index (χ1v) is 6.30. The van der Waals surface area contributed by atoms with Gasteiger partial charge in [0.15, 0.2) is 5.75 Å². The molecule has 0 fully saturated rings. The van der Waals surface area contributed by atoms with Gasteiger partial charge in [0.25, 0.3) is 0 Å². The first kappa shape index (κ1) is 13.1. The molecule has 0 aliphatic carbocycles. The van der Waals surface area contributed by atoms with Crippen LogP contribution in [-0.4, -0.2) is 11.1 Å². The van der Waals surface area contributed by atoms with Crippen LogP contribution in [0.1, 0.15) is 0 Å². The summed E-state index contributed by atoms with van der Waals surface area (Å²) in [5.41, 5.74) is 1.06. The fraction of sp³-hybridized carbons (Fsp3) is 0. The lowest BCUT2D eigenvalue weighted by atomic mass is 10.2. The summed E-state index contributed by atoms with van der Waals surface area (Å²) in [6, 6.07) is 14.5. The second-order valence-electron chi connectivity index (χ2n) is 4.35.